The molecule has 3 aromatic rings. The lowest BCUT2D eigenvalue weighted by atomic mass is 10.2. The van der Waals surface area contributed by atoms with Crippen molar-refractivity contribution in [2.45, 2.75) is 24.7 Å². The van der Waals surface area contributed by atoms with E-state index >= 15 is 0 Å². The molecule has 1 aromatic heterocycles. The van der Waals surface area contributed by atoms with Crippen molar-refractivity contribution in [2.24, 2.45) is 12.0 Å². The van der Waals surface area contributed by atoms with Crippen LogP contribution in [0.3, 0.4) is 0 Å². The van der Waals surface area contributed by atoms with Gasteiger partial charge in [0.25, 0.3) is 0 Å². The summed E-state index contributed by atoms with van der Waals surface area (Å²) in [7, 11) is 1.92. The molecular formula is C21H22N2O3S2. The van der Waals surface area contributed by atoms with Gasteiger partial charge in [0, 0.05) is 30.5 Å². The number of rotatable bonds is 5. The highest BCUT2D eigenvalue weighted by Gasteiger charge is 2.15. The Balaban J connectivity index is 1.41. The van der Waals surface area contributed by atoms with Crippen LogP contribution in [0.4, 0.5) is 0 Å². The summed E-state index contributed by atoms with van der Waals surface area (Å²) in [6.45, 7) is 3.20. The standard InChI is InChI=1S/C21H22N2O3S2/c1-14-5-7-15(8-6-14)27-11-3-4-20(24)22-21-23(2)16-12-17-18(13-19(16)28-21)26-10-9-25-17/h5-8,12-13H,3-4,9-11H2,1-2H3. The number of hydrogen-bond acceptors (Lipinski definition) is 5. The van der Waals surface area contributed by atoms with E-state index in [9.17, 15) is 4.79 Å². The maximum Gasteiger partial charge on any atom is 0.248 e. The Kier molecular flexibility index (Phi) is 5.73. The molecule has 1 amide bonds. The highest BCUT2D eigenvalue weighted by molar-refractivity contribution is 7.99. The predicted molar refractivity (Wildman–Crippen MR) is 113 cm³/mol. The highest BCUT2D eigenvalue weighted by Crippen LogP contribution is 2.35. The Morgan fingerprint density at radius 3 is 2.64 bits per heavy atom. The van der Waals surface area contributed by atoms with Gasteiger partial charge in [-0.2, -0.15) is 4.99 Å². The van der Waals surface area contributed by atoms with Crippen LogP contribution in [-0.4, -0.2) is 29.4 Å². The maximum absolute atomic E-state index is 12.3. The van der Waals surface area contributed by atoms with Crippen LogP contribution >= 0.6 is 23.1 Å². The van der Waals surface area contributed by atoms with Gasteiger partial charge in [-0.3, -0.25) is 4.79 Å². The number of nitrogens with zero attached hydrogens (tertiary/aromatic N) is 2. The lowest BCUT2D eigenvalue weighted by Gasteiger charge is -2.18. The Bertz CT molecular complexity index is 1070. The summed E-state index contributed by atoms with van der Waals surface area (Å²) in [5, 5.41) is 0. The normalized spacial score (nSPS) is 13.9. The fraction of sp³-hybridized carbons (Fsp3) is 0.333. The summed E-state index contributed by atoms with van der Waals surface area (Å²) >= 11 is 3.27. The van der Waals surface area contributed by atoms with Gasteiger partial charge in [-0.05, 0) is 31.2 Å². The third-order valence-corrected chi connectivity index (χ3v) is 6.71. The summed E-state index contributed by atoms with van der Waals surface area (Å²) in [5.74, 6) is 2.33. The molecule has 2 aromatic carbocycles. The van der Waals surface area contributed by atoms with Gasteiger partial charge in [0.2, 0.25) is 5.91 Å². The number of aromatic nitrogens is 1. The molecule has 1 aliphatic heterocycles. The van der Waals surface area contributed by atoms with Gasteiger partial charge in [0.1, 0.15) is 13.2 Å². The van der Waals surface area contributed by atoms with E-state index in [0.29, 0.717) is 24.4 Å². The first kappa shape index (κ1) is 19.1. The lowest BCUT2D eigenvalue weighted by molar-refractivity contribution is -0.118. The first-order chi connectivity index (χ1) is 13.6. The maximum atomic E-state index is 12.3. The van der Waals surface area contributed by atoms with E-state index in [1.807, 2.05) is 23.7 Å². The molecule has 146 valence electrons. The SMILES string of the molecule is Cc1ccc(SCCCC(=O)N=c2sc3cc4c(cc3n2C)OCCO4)cc1. The number of amides is 1. The second-order valence-electron chi connectivity index (χ2n) is 6.68. The molecule has 0 saturated heterocycles. The average Bonchev–Trinajstić information content (AvgIpc) is 2.99. The van der Waals surface area contributed by atoms with E-state index in [2.05, 4.69) is 36.2 Å². The third-order valence-electron chi connectivity index (χ3n) is 4.52. The number of hydrogen-bond donors (Lipinski definition) is 0. The number of thiazole rings is 1. The molecule has 0 atom stereocenters. The van der Waals surface area contributed by atoms with Crippen molar-refractivity contribution >= 4 is 39.2 Å². The number of ether oxygens (including phenoxy) is 2. The zero-order chi connectivity index (χ0) is 19.5. The number of benzene rings is 2. The number of carbonyl (C=O) groups is 1. The third kappa shape index (κ3) is 4.25. The monoisotopic (exact) mass is 414 g/mol. The van der Waals surface area contributed by atoms with Gasteiger partial charge < -0.3 is 14.0 Å². The molecule has 0 spiro atoms. The molecule has 0 aliphatic carbocycles. The zero-order valence-corrected chi connectivity index (χ0v) is 17.6. The summed E-state index contributed by atoms with van der Waals surface area (Å²) in [6, 6.07) is 12.4. The van der Waals surface area contributed by atoms with Crippen molar-refractivity contribution in [1.29, 1.82) is 0 Å². The topological polar surface area (TPSA) is 52.8 Å². The van der Waals surface area contributed by atoms with Crippen LogP contribution in [0.15, 0.2) is 46.3 Å². The van der Waals surface area contributed by atoms with Crippen molar-refractivity contribution in [2.75, 3.05) is 19.0 Å². The van der Waals surface area contributed by atoms with E-state index in [1.54, 1.807) is 11.8 Å². The quantitative estimate of drug-likeness (QED) is 0.461. The summed E-state index contributed by atoms with van der Waals surface area (Å²) in [5.41, 5.74) is 2.25. The Morgan fingerprint density at radius 2 is 1.89 bits per heavy atom. The van der Waals surface area contributed by atoms with Crippen LogP contribution in [0.25, 0.3) is 10.2 Å². The molecule has 4 rings (SSSR count). The second-order valence-corrected chi connectivity index (χ2v) is 8.86. The van der Waals surface area contributed by atoms with Gasteiger partial charge in [-0.15, -0.1) is 11.8 Å². The van der Waals surface area contributed by atoms with E-state index in [4.69, 9.17) is 9.47 Å². The van der Waals surface area contributed by atoms with Gasteiger partial charge in [-0.25, -0.2) is 0 Å². The van der Waals surface area contributed by atoms with Crippen LogP contribution in [0.5, 0.6) is 11.5 Å². The van der Waals surface area contributed by atoms with Gasteiger partial charge >= 0.3 is 0 Å². The predicted octanol–water partition coefficient (Wildman–Crippen LogP) is 4.32. The van der Waals surface area contributed by atoms with E-state index < -0.39 is 0 Å². The molecule has 5 nitrogen and oxygen atoms in total. The van der Waals surface area contributed by atoms with Crippen molar-refractivity contribution in [3.63, 3.8) is 0 Å². The van der Waals surface area contributed by atoms with Crippen molar-refractivity contribution in [1.82, 2.24) is 4.57 Å². The fourth-order valence-corrected chi connectivity index (χ4v) is 4.88. The molecule has 0 N–H and O–H groups in total. The average molecular weight is 415 g/mol. The van der Waals surface area contributed by atoms with E-state index in [0.717, 1.165) is 33.9 Å². The summed E-state index contributed by atoms with van der Waals surface area (Å²) < 4.78 is 14.3. The fourth-order valence-electron chi connectivity index (χ4n) is 2.98. The Morgan fingerprint density at radius 1 is 1.18 bits per heavy atom. The van der Waals surface area contributed by atoms with Crippen LogP contribution in [0.2, 0.25) is 0 Å². The molecule has 1 aliphatic rings. The number of aryl methyl sites for hydroxylation is 2. The summed E-state index contributed by atoms with van der Waals surface area (Å²) in [4.78, 5) is 18.6. The highest BCUT2D eigenvalue weighted by atomic mass is 32.2. The lowest BCUT2D eigenvalue weighted by Crippen LogP contribution is -2.15. The summed E-state index contributed by atoms with van der Waals surface area (Å²) in [6.07, 6.45) is 1.27. The van der Waals surface area contributed by atoms with Crippen LogP contribution < -0.4 is 14.3 Å². The van der Waals surface area contributed by atoms with Crippen molar-refractivity contribution in [3.05, 3.63) is 46.8 Å². The molecule has 28 heavy (non-hydrogen) atoms. The first-order valence-corrected chi connectivity index (χ1v) is 11.1. The van der Waals surface area contributed by atoms with Gasteiger partial charge in [0.05, 0.1) is 10.2 Å². The van der Waals surface area contributed by atoms with Crippen molar-refractivity contribution in [3.8, 4) is 11.5 Å². The molecule has 0 unspecified atom stereocenters. The first-order valence-electron chi connectivity index (χ1n) is 9.26. The Hall–Kier alpha value is -2.25. The van der Waals surface area contributed by atoms with Gasteiger partial charge in [0.15, 0.2) is 16.3 Å². The minimum Gasteiger partial charge on any atom is -0.486 e. The van der Waals surface area contributed by atoms with Crippen LogP contribution in [0.1, 0.15) is 18.4 Å². The largest absolute Gasteiger partial charge is 0.486 e. The molecule has 0 fully saturated rings. The van der Waals surface area contributed by atoms with Gasteiger partial charge in [-0.1, -0.05) is 29.0 Å². The molecule has 2 heterocycles. The molecule has 0 saturated carbocycles. The zero-order valence-electron chi connectivity index (χ0n) is 15.9. The van der Waals surface area contributed by atoms with Crippen LogP contribution in [-0.2, 0) is 11.8 Å². The number of carbonyl (C=O) groups excluding carboxylic acids is 1. The van der Waals surface area contributed by atoms with Crippen LogP contribution in [0, 0.1) is 6.92 Å². The number of thioether (sulfide) groups is 1. The molecule has 0 radical (unpaired) electrons. The smallest absolute Gasteiger partial charge is 0.248 e. The Labute approximate surface area is 172 Å². The minimum absolute atomic E-state index is 0.0797. The minimum atomic E-state index is -0.0797. The van der Waals surface area contributed by atoms with E-state index in [1.165, 1.54) is 21.8 Å². The second kappa shape index (κ2) is 8.41. The molecule has 7 heteroatoms. The van der Waals surface area contributed by atoms with Crippen molar-refractivity contribution < 1.29 is 14.3 Å². The number of fused-ring (bicyclic) bond motifs is 2. The molecular weight excluding hydrogens is 392 g/mol. The molecule has 0 bridgehead atoms. The van der Waals surface area contributed by atoms with E-state index in [-0.39, 0.29) is 5.91 Å².